The van der Waals surface area contributed by atoms with Gasteiger partial charge in [-0.3, -0.25) is 19.2 Å². The molecule has 0 saturated carbocycles. The number of nitrogens with one attached hydrogen (secondary N) is 2. The maximum absolute atomic E-state index is 14.0. The molecular weight excluding hydrogens is 1170 g/mol. The highest BCUT2D eigenvalue weighted by Crippen LogP contribution is 2.35. The molecule has 0 aromatic rings. The van der Waals surface area contributed by atoms with Crippen LogP contribution >= 0.6 is 0 Å². The minimum Gasteiger partial charge on any atom is -0.370 e. The van der Waals surface area contributed by atoms with Crippen LogP contribution in [0.15, 0.2) is 0 Å². The molecule has 4 rings (SSSR count). The first-order valence-electron chi connectivity index (χ1n) is 42.0. The molecule has 4 aliphatic rings. The first kappa shape index (κ1) is 84.1. The summed E-state index contributed by atoms with van der Waals surface area (Å²) in [5.74, 6) is 0.676. The average molecular weight is 1320 g/mol. The van der Waals surface area contributed by atoms with Gasteiger partial charge in [0, 0.05) is 65.0 Å². The quantitative estimate of drug-likeness (QED) is 0.0452. The number of unbranched alkanes of at least 4 members (excludes halogenated alkanes) is 37. The summed E-state index contributed by atoms with van der Waals surface area (Å²) < 4.78 is 24.0. The molecule has 4 aliphatic heterocycles. The molecule has 0 bridgehead atoms. The number of epoxide rings is 4. The molecule has 0 radical (unpaired) electrons. The van der Waals surface area contributed by atoms with E-state index in [4.69, 9.17) is 18.9 Å². The average Bonchev–Trinajstić information content (AvgIpc) is 1.99. The van der Waals surface area contributed by atoms with Crippen molar-refractivity contribution in [2.45, 2.75) is 462 Å². The standard InChI is InChI=1S/C82H154N4O8/c1-5-9-13-17-25-37-53-71-75(91-71)57-41-29-21-33-45-61-79(87)83-65-51-69-85(81(89)63-47-35-23-31-43-59-77-73(93-77)55-39-27-19-15-11-7-3)67-49-50-68-86(82(90)64-48-36-24-32-44-60-78-74(94-78)56-40-28-20-16-12-8-4)70-52-66-84-80(88)62-46-34-22-30-42-58-76-72(92-76)54-38-26-18-14-10-6-2/h71-78H,5-70H2,1-4H3,(H,83,87)(H,84,88)/t71-,72-,73-,74+,75+,76+,77+,78+/m1/s1. The third kappa shape index (κ3) is 46.9. The lowest BCUT2D eigenvalue weighted by molar-refractivity contribution is -0.133. The number of amides is 4. The second-order valence-corrected chi connectivity index (χ2v) is 30.2. The fourth-order valence-electron chi connectivity index (χ4n) is 14.7. The van der Waals surface area contributed by atoms with E-state index in [1.165, 1.54) is 270 Å². The van der Waals surface area contributed by atoms with Crippen molar-refractivity contribution in [3.05, 3.63) is 0 Å². The molecule has 0 spiro atoms. The van der Waals surface area contributed by atoms with E-state index in [0.29, 0.717) is 114 Å². The van der Waals surface area contributed by atoms with E-state index >= 15 is 0 Å². The third-order valence-corrected chi connectivity index (χ3v) is 21.3. The summed E-state index contributed by atoms with van der Waals surface area (Å²) in [6, 6.07) is 0. The highest BCUT2D eigenvalue weighted by atomic mass is 16.6. The zero-order chi connectivity index (χ0) is 67.0. The van der Waals surface area contributed by atoms with Crippen LogP contribution in [0.5, 0.6) is 0 Å². The Bertz CT molecular complexity index is 1680. The van der Waals surface area contributed by atoms with E-state index in [9.17, 15) is 19.2 Å². The predicted molar refractivity (Wildman–Crippen MR) is 394 cm³/mol. The van der Waals surface area contributed by atoms with Crippen molar-refractivity contribution in [3.8, 4) is 0 Å². The van der Waals surface area contributed by atoms with Gasteiger partial charge in [-0.05, 0) is 103 Å². The number of rotatable bonds is 73. The van der Waals surface area contributed by atoms with Crippen LogP contribution in [0.25, 0.3) is 0 Å². The van der Waals surface area contributed by atoms with E-state index < -0.39 is 0 Å². The highest BCUT2D eigenvalue weighted by Gasteiger charge is 2.39. The first-order chi connectivity index (χ1) is 46.3. The maximum Gasteiger partial charge on any atom is 0.222 e. The summed E-state index contributed by atoms with van der Waals surface area (Å²) in [5, 5.41) is 6.35. The summed E-state index contributed by atoms with van der Waals surface area (Å²) in [5.41, 5.74) is 0. The van der Waals surface area contributed by atoms with Gasteiger partial charge in [-0.2, -0.15) is 0 Å². The van der Waals surface area contributed by atoms with Crippen LogP contribution in [0, 0.1) is 0 Å². The Labute approximate surface area is 580 Å². The van der Waals surface area contributed by atoms with Crippen molar-refractivity contribution < 1.29 is 38.1 Å². The Kier molecular flexibility index (Phi) is 52.4. The molecule has 94 heavy (non-hydrogen) atoms. The number of nitrogens with zero attached hydrogens (tertiary/aromatic N) is 2. The molecule has 4 amide bonds. The van der Waals surface area contributed by atoms with E-state index in [1.807, 2.05) is 9.80 Å². The van der Waals surface area contributed by atoms with Gasteiger partial charge in [0.15, 0.2) is 0 Å². The van der Waals surface area contributed by atoms with Crippen LogP contribution in [-0.2, 0) is 38.1 Å². The van der Waals surface area contributed by atoms with Crippen molar-refractivity contribution in [2.24, 2.45) is 0 Å². The van der Waals surface area contributed by atoms with Gasteiger partial charge in [0.05, 0.1) is 48.8 Å². The van der Waals surface area contributed by atoms with E-state index in [1.54, 1.807) is 0 Å². The van der Waals surface area contributed by atoms with Crippen molar-refractivity contribution >= 4 is 23.6 Å². The molecule has 550 valence electrons. The molecule has 12 nitrogen and oxygen atoms in total. The normalized spacial score (nSPS) is 20.2. The minimum atomic E-state index is 0.121. The highest BCUT2D eigenvalue weighted by molar-refractivity contribution is 5.77. The van der Waals surface area contributed by atoms with E-state index in [0.717, 1.165) is 89.9 Å². The third-order valence-electron chi connectivity index (χ3n) is 21.3. The summed E-state index contributed by atoms with van der Waals surface area (Å²) >= 11 is 0. The van der Waals surface area contributed by atoms with Crippen molar-refractivity contribution in [3.63, 3.8) is 0 Å². The molecule has 0 aromatic carbocycles. The molecule has 0 unspecified atom stereocenters. The van der Waals surface area contributed by atoms with Crippen LogP contribution < -0.4 is 10.6 Å². The SMILES string of the molecule is CCCCCCCC[C@@H]1O[C@H]1CCCCCCCC(=O)N(CCCCN(CCCNC(=O)CCCCCCC[C@@H]1O[C@@H]1CCCCCCCC)C(=O)CCCCCCC[C@@H]1O[C@@H]1CCCCCCCC)CCCNC(=O)CCCCCCC[C@@H]1O[C@@H]1CCCCCCCC. The Balaban J connectivity index is 1.15. The van der Waals surface area contributed by atoms with Gasteiger partial charge >= 0.3 is 0 Å². The molecule has 4 saturated heterocycles. The van der Waals surface area contributed by atoms with Gasteiger partial charge in [0.25, 0.3) is 0 Å². The van der Waals surface area contributed by atoms with Crippen LogP contribution in [-0.4, -0.2) is 122 Å². The molecular formula is C82H154N4O8. The fraction of sp³-hybridized carbons (Fsp3) is 0.951. The predicted octanol–water partition coefficient (Wildman–Crippen LogP) is 21.4. The zero-order valence-electron chi connectivity index (χ0n) is 62.4. The van der Waals surface area contributed by atoms with E-state index in [2.05, 4.69) is 38.3 Å². The first-order valence-corrected chi connectivity index (χ1v) is 42.0. The monoisotopic (exact) mass is 1320 g/mol. The molecule has 4 heterocycles. The van der Waals surface area contributed by atoms with Gasteiger partial charge < -0.3 is 39.4 Å². The fourth-order valence-corrected chi connectivity index (χ4v) is 14.7. The maximum atomic E-state index is 14.0. The topological polar surface area (TPSA) is 149 Å². The van der Waals surface area contributed by atoms with Gasteiger partial charge in [0.1, 0.15) is 0 Å². The Morgan fingerprint density at radius 1 is 0.234 bits per heavy atom. The van der Waals surface area contributed by atoms with Crippen LogP contribution in [0.3, 0.4) is 0 Å². The zero-order valence-corrected chi connectivity index (χ0v) is 62.4. The Hall–Kier alpha value is -2.28. The molecule has 12 heteroatoms. The summed E-state index contributed by atoms with van der Waals surface area (Å²) in [7, 11) is 0. The minimum absolute atomic E-state index is 0.121. The van der Waals surface area contributed by atoms with Crippen LogP contribution in [0.2, 0.25) is 0 Å². The van der Waals surface area contributed by atoms with Gasteiger partial charge in [-0.1, -0.05) is 285 Å². The Morgan fingerprint density at radius 2 is 0.426 bits per heavy atom. The number of ether oxygens (including phenoxy) is 4. The van der Waals surface area contributed by atoms with Crippen LogP contribution in [0.4, 0.5) is 0 Å². The summed E-state index contributed by atoms with van der Waals surface area (Å²) in [4.78, 5) is 57.9. The van der Waals surface area contributed by atoms with Gasteiger partial charge in [0.2, 0.25) is 23.6 Å². The second-order valence-electron chi connectivity index (χ2n) is 30.2. The molecule has 4 fully saturated rings. The number of hydrogen-bond donors (Lipinski definition) is 2. The van der Waals surface area contributed by atoms with Crippen LogP contribution in [0.1, 0.15) is 413 Å². The number of hydrogen-bond acceptors (Lipinski definition) is 8. The largest absolute Gasteiger partial charge is 0.370 e. The lowest BCUT2D eigenvalue weighted by atomic mass is 10.0. The summed E-state index contributed by atoms with van der Waals surface area (Å²) in [6.45, 7) is 12.9. The molecule has 0 aromatic heterocycles. The van der Waals surface area contributed by atoms with Gasteiger partial charge in [-0.15, -0.1) is 0 Å². The van der Waals surface area contributed by atoms with Crippen molar-refractivity contribution in [1.29, 1.82) is 0 Å². The number of carbonyl (C=O) groups is 4. The number of carbonyl (C=O) groups excluding carboxylic acids is 4. The lowest BCUT2D eigenvalue weighted by Crippen LogP contribution is -2.37. The molecule has 0 aliphatic carbocycles. The summed E-state index contributed by atoms with van der Waals surface area (Å²) in [6.07, 6.45) is 73.6. The second kappa shape index (κ2) is 58.5. The lowest BCUT2D eigenvalue weighted by Gasteiger charge is -2.25. The smallest absolute Gasteiger partial charge is 0.222 e. The Morgan fingerprint density at radius 3 is 0.660 bits per heavy atom. The molecule has 8 atom stereocenters. The van der Waals surface area contributed by atoms with E-state index in [-0.39, 0.29) is 23.6 Å². The van der Waals surface area contributed by atoms with Gasteiger partial charge in [-0.25, -0.2) is 0 Å². The molecule has 2 N–H and O–H groups in total. The van der Waals surface area contributed by atoms with Crippen molar-refractivity contribution in [2.75, 3.05) is 39.3 Å². The van der Waals surface area contributed by atoms with Crippen molar-refractivity contribution in [1.82, 2.24) is 20.4 Å².